The van der Waals surface area contributed by atoms with Crippen molar-refractivity contribution in [2.45, 2.75) is 46.6 Å². The Morgan fingerprint density at radius 1 is 1.21 bits per heavy atom. The summed E-state index contributed by atoms with van der Waals surface area (Å²) < 4.78 is 0. The summed E-state index contributed by atoms with van der Waals surface area (Å²) >= 11 is 0. The van der Waals surface area contributed by atoms with Crippen LogP contribution in [0.4, 0.5) is 5.82 Å². The topological polar surface area (TPSA) is 53.4 Å². The van der Waals surface area contributed by atoms with E-state index in [0.717, 1.165) is 11.5 Å². The molecule has 19 heavy (non-hydrogen) atoms. The Bertz CT molecular complexity index is 455. The molecule has 0 radical (unpaired) electrons. The van der Waals surface area contributed by atoms with Crippen LogP contribution in [-0.4, -0.2) is 29.1 Å². The minimum Gasteiger partial charge on any atom is -0.478 e. The zero-order valence-corrected chi connectivity index (χ0v) is 12.6. The van der Waals surface area contributed by atoms with Crippen molar-refractivity contribution in [1.82, 2.24) is 4.98 Å². The molecule has 4 nitrogen and oxygen atoms in total. The Hall–Kier alpha value is -1.58. The third kappa shape index (κ3) is 3.69. The highest BCUT2D eigenvalue weighted by molar-refractivity contribution is 5.88. The van der Waals surface area contributed by atoms with Gasteiger partial charge >= 0.3 is 5.97 Å². The van der Waals surface area contributed by atoms with Crippen LogP contribution in [0.1, 0.15) is 56.6 Å². The van der Waals surface area contributed by atoms with E-state index in [9.17, 15) is 9.90 Å². The number of hydrogen-bond acceptors (Lipinski definition) is 3. The second-order valence-electron chi connectivity index (χ2n) is 5.69. The molecule has 1 rings (SSSR count). The average Bonchev–Trinajstić information content (AvgIpc) is 2.36. The van der Waals surface area contributed by atoms with Crippen molar-refractivity contribution in [2.24, 2.45) is 5.92 Å². The number of carboxylic acids is 1. The molecular weight excluding hydrogens is 240 g/mol. The van der Waals surface area contributed by atoms with E-state index in [0.29, 0.717) is 17.5 Å². The van der Waals surface area contributed by atoms with E-state index < -0.39 is 5.97 Å². The first-order valence-electron chi connectivity index (χ1n) is 6.72. The Morgan fingerprint density at radius 3 is 2.21 bits per heavy atom. The Kier molecular flexibility index (Phi) is 4.92. The summed E-state index contributed by atoms with van der Waals surface area (Å²) in [6.07, 6.45) is 0. The fourth-order valence-electron chi connectivity index (χ4n) is 1.79. The van der Waals surface area contributed by atoms with Gasteiger partial charge in [-0.1, -0.05) is 27.7 Å². The molecule has 0 fully saturated rings. The van der Waals surface area contributed by atoms with E-state index in [-0.39, 0.29) is 5.92 Å². The molecule has 1 unspecified atom stereocenters. The monoisotopic (exact) mass is 264 g/mol. The van der Waals surface area contributed by atoms with Crippen LogP contribution in [-0.2, 0) is 0 Å². The lowest BCUT2D eigenvalue weighted by atomic mass is 10.0. The maximum atomic E-state index is 11.2. The van der Waals surface area contributed by atoms with E-state index in [1.54, 1.807) is 12.1 Å². The Labute approximate surface area is 115 Å². The van der Waals surface area contributed by atoms with Crippen molar-refractivity contribution in [3.05, 3.63) is 23.4 Å². The van der Waals surface area contributed by atoms with E-state index in [1.807, 2.05) is 25.8 Å². The summed E-state index contributed by atoms with van der Waals surface area (Å²) in [5, 5.41) is 9.20. The second kappa shape index (κ2) is 6.04. The van der Waals surface area contributed by atoms with Gasteiger partial charge in [0.1, 0.15) is 5.82 Å². The molecule has 0 bridgehead atoms. The molecule has 0 spiro atoms. The molecule has 1 aromatic rings. The van der Waals surface area contributed by atoms with Crippen LogP contribution in [0.2, 0.25) is 0 Å². The third-order valence-corrected chi connectivity index (χ3v) is 3.61. The summed E-state index contributed by atoms with van der Waals surface area (Å²) in [7, 11) is 1.96. The first kappa shape index (κ1) is 15.5. The lowest BCUT2D eigenvalue weighted by molar-refractivity contribution is 0.0696. The fraction of sp³-hybridized carbons (Fsp3) is 0.600. The SMILES string of the molecule is CC(C)c1cc(C(=O)O)cc(N(C)C(C)C(C)C)n1. The molecule has 4 heteroatoms. The van der Waals surface area contributed by atoms with Crippen LogP contribution in [0.3, 0.4) is 0 Å². The number of carboxylic acid groups (broad SMARTS) is 1. The van der Waals surface area contributed by atoms with Crippen LogP contribution in [0.15, 0.2) is 12.1 Å². The molecule has 0 aromatic carbocycles. The second-order valence-corrected chi connectivity index (χ2v) is 5.69. The number of carbonyl (C=O) groups is 1. The minimum atomic E-state index is -0.906. The van der Waals surface area contributed by atoms with Crippen LogP contribution in [0.5, 0.6) is 0 Å². The van der Waals surface area contributed by atoms with Crippen molar-refractivity contribution < 1.29 is 9.90 Å². The highest BCUT2D eigenvalue weighted by atomic mass is 16.4. The number of nitrogens with zero attached hydrogens (tertiary/aromatic N) is 2. The molecule has 0 aliphatic rings. The summed E-state index contributed by atoms with van der Waals surface area (Å²) in [6.45, 7) is 10.4. The number of aromatic carboxylic acids is 1. The zero-order chi connectivity index (χ0) is 14.7. The summed E-state index contributed by atoms with van der Waals surface area (Å²) in [5.41, 5.74) is 1.12. The van der Waals surface area contributed by atoms with Gasteiger partial charge in [-0.2, -0.15) is 0 Å². The summed E-state index contributed by atoms with van der Waals surface area (Å²) in [4.78, 5) is 17.8. The first-order valence-corrected chi connectivity index (χ1v) is 6.72. The number of hydrogen-bond donors (Lipinski definition) is 1. The minimum absolute atomic E-state index is 0.209. The third-order valence-electron chi connectivity index (χ3n) is 3.61. The maximum Gasteiger partial charge on any atom is 0.335 e. The van der Waals surface area contributed by atoms with Gasteiger partial charge in [0.05, 0.1) is 5.56 Å². The van der Waals surface area contributed by atoms with Crippen LogP contribution >= 0.6 is 0 Å². The largest absolute Gasteiger partial charge is 0.478 e. The van der Waals surface area contributed by atoms with Gasteiger partial charge < -0.3 is 10.0 Å². The van der Waals surface area contributed by atoms with Crippen molar-refractivity contribution >= 4 is 11.8 Å². The highest BCUT2D eigenvalue weighted by Crippen LogP contribution is 2.22. The number of pyridine rings is 1. The van der Waals surface area contributed by atoms with Crippen molar-refractivity contribution in [3.63, 3.8) is 0 Å². The van der Waals surface area contributed by atoms with Crippen LogP contribution in [0, 0.1) is 5.92 Å². The van der Waals surface area contributed by atoms with Crippen molar-refractivity contribution in [2.75, 3.05) is 11.9 Å². The quantitative estimate of drug-likeness (QED) is 0.885. The Morgan fingerprint density at radius 2 is 1.79 bits per heavy atom. The molecule has 0 aliphatic heterocycles. The average molecular weight is 264 g/mol. The van der Waals surface area contributed by atoms with Crippen LogP contribution < -0.4 is 4.90 Å². The molecule has 0 aliphatic carbocycles. The van der Waals surface area contributed by atoms with Gasteiger partial charge in [0.15, 0.2) is 0 Å². The van der Waals surface area contributed by atoms with E-state index >= 15 is 0 Å². The standard InChI is InChI=1S/C15H24N2O2/c1-9(2)11(5)17(6)14-8-12(15(18)19)7-13(16-14)10(3)4/h7-11H,1-6H3,(H,18,19). The van der Waals surface area contributed by atoms with Gasteiger partial charge in [-0.15, -0.1) is 0 Å². The summed E-state index contributed by atoms with van der Waals surface area (Å²) in [5.74, 6) is 0.504. The lowest BCUT2D eigenvalue weighted by Gasteiger charge is -2.29. The molecule has 1 N–H and O–H groups in total. The lowest BCUT2D eigenvalue weighted by Crippen LogP contribution is -2.34. The van der Waals surface area contributed by atoms with Gasteiger partial charge in [-0.3, -0.25) is 0 Å². The number of anilines is 1. The molecule has 0 saturated heterocycles. The molecule has 1 aromatic heterocycles. The summed E-state index contributed by atoms with van der Waals surface area (Å²) in [6, 6.07) is 3.61. The highest BCUT2D eigenvalue weighted by Gasteiger charge is 2.18. The van der Waals surface area contributed by atoms with Gasteiger partial charge in [-0.05, 0) is 30.9 Å². The smallest absolute Gasteiger partial charge is 0.335 e. The number of aromatic nitrogens is 1. The Balaban J connectivity index is 3.23. The van der Waals surface area contributed by atoms with E-state index in [2.05, 4.69) is 25.8 Å². The molecule has 0 amide bonds. The predicted octanol–water partition coefficient (Wildman–Crippen LogP) is 3.38. The van der Waals surface area contributed by atoms with Gasteiger partial charge in [0, 0.05) is 18.8 Å². The number of rotatable bonds is 5. The fourth-order valence-corrected chi connectivity index (χ4v) is 1.79. The molecule has 1 atom stereocenters. The van der Waals surface area contributed by atoms with E-state index in [1.165, 1.54) is 0 Å². The zero-order valence-electron chi connectivity index (χ0n) is 12.6. The van der Waals surface area contributed by atoms with Gasteiger partial charge in [-0.25, -0.2) is 9.78 Å². The first-order chi connectivity index (χ1) is 8.73. The normalized spacial score (nSPS) is 12.8. The predicted molar refractivity (Wildman–Crippen MR) is 78.0 cm³/mol. The maximum absolute atomic E-state index is 11.2. The van der Waals surface area contributed by atoms with Gasteiger partial charge in [0.25, 0.3) is 0 Å². The van der Waals surface area contributed by atoms with Crippen LogP contribution in [0.25, 0.3) is 0 Å². The van der Waals surface area contributed by atoms with E-state index in [4.69, 9.17) is 0 Å². The molecule has 106 valence electrons. The van der Waals surface area contributed by atoms with Gasteiger partial charge in [0.2, 0.25) is 0 Å². The molecular formula is C15H24N2O2. The van der Waals surface area contributed by atoms with Crippen molar-refractivity contribution in [1.29, 1.82) is 0 Å². The molecule has 1 heterocycles. The van der Waals surface area contributed by atoms with Crippen molar-refractivity contribution in [3.8, 4) is 0 Å². The molecule has 0 saturated carbocycles.